The van der Waals surface area contributed by atoms with Gasteiger partial charge in [-0.3, -0.25) is 4.79 Å². The zero-order chi connectivity index (χ0) is 10.9. The summed E-state index contributed by atoms with van der Waals surface area (Å²) in [6.45, 7) is 4.25. The van der Waals surface area contributed by atoms with E-state index in [0.717, 1.165) is 11.3 Å². The molecule has 0 atom stereocenters. The summed E-state index contributed by atoms with van der Waals surface area (Å²) in [4.78, 5) is 11.1. The fourth-order valence-corrected chi connectivity index (χ4v) is 1.72. The first-order chi connectivity index (χ1) is 6.32. The van der Waals surface area contributed by atoms with Gasteiger partial charge < -0.3 is 0 Å². The lowest BCUT2D eigenvalue weighted by Crippen LogP contribution is -2.08. The van der Waals surface area contributed by atoms with Crippen molar-refractivity contribution in [3.8, 4) is 0 Å². The molecule has 0 aromatic carbocycles. The molecule has 0 fully saturated rings. The average molecular weight is 220 g/mol. The Bertz CT molecular complexity index is 376. The number of carbonyl (C=O) groups is 1. The molecular formula is C9H7F3OS. The standard InChI is InChI=1S/C9H7F3OS/c1-5(9(10,11)12)7-3-4-8(14-7)6(2)13/h3-4H,1H2,2H3. The molecule has 14 heavy (non-hydrogen) atoms. The second-order valence-electron chi connectivity index (χ2n) is 2.70. The van der Waals surface area contributed by atoms with Crippen LogP contribution in [0.25, 0.3) is 5.57 Å². The molecule has 0 saturated carbocycles. The fourth-order valence-electron chi connectivity index (χ4n) is 0.829. The van der Waals surface area contributed by atoms with Crippen LogP contribution in [-0.2, 0) is 0 Å². The van der Waals surface area contributed by atoms with Gasteiger partial charge in [-0.1, -0.05) is 6.58 Å². The van der Waals surface area contributed by atoms with Gasteiger partial charge in [0.25, 0.3) is 0 Å². The third-order valence-electron chi connectivity index (χ3n) is 1.59. The maximum Gasteiger partial charge on any atom is 0.417 e. The molecule has 5 heteroatoms. The van der Waals surface area contributed by atoms with Crippen LogP contribution in [0.15, 0.2) is 18.7 Å². The molecule has 0 unspecified atom stereocenters. The molecule has 1 aromatic heterocycles. The molecule has 0 N–H and O–H groups in total. The van der Waals surface area contributed by atoms with Crippen molar-refractivity contribution in [2.75, 3.05) is 0 Å². The Hall–Kier alpha value is -1.10. The van der Waals surface area contributed by atoms with Gasteiger partial charge in [0.1, 0.15) is 0 Å². The minimum atomic E-state index is -4.43. The Kier molecular flexibility index (Phi) is 2.80. The van der Waals surface area contributed by atoms with E-state index >= 15 is 0 Å². The SMILES string of the molecule is C=C(c1ccc(C(C)=O)s1)C(F)(F)F. The molecule has 1 aromatic rings. The summed E-state index contributed by atoms with van der Waals surface area (Å²) in [7, 11) is 0. The highest BCUT2D eigenvalue weighted by atomic mass is 32.1. The lowest BCUT2D eigenvalue weighted by atomic mass is 10.2. The first kappa shape index (κ1) is 11.0. The number of carbonyl (C=O) groups excluding carboxylic acids is 1. The number of hydrogen-bond donors (Lipinski definition) is 0. The monoisotopic (exact) mass is 220 g/mol. The molecule has 0 bridgehead atoms. The normalized spacial score (nSPS) is 11.4. The van der Waals surface area contributed by atoms with Crippen molar-refractivity contribution in [1.82, 2.24) is 0 Å². The van der Waals surface area contributed by atoms with Crippen LogP contribution < -0.4 is 0 Å². The average Bonchev–Trinajstić information content (AvgIpc) is 2.48. The van der Waals surface area contributed by atoms with Crippen LogP contribution in [0, 0.1) is 0 Å². The number of halogens is 3. The third kappa shape index (κ3) is 2.23. The van der Waals surface area contributed by atoms with Gasteiger partial charge in [-0.15, -0.1) is 11.3 Å². The quantitative estimate of drug-likeness (QED) is 0.697. The lowest BCUT2D eigenvalue weighted by molar-refractivity contribution is -0.0684. The molecule has 0 aliphatic rings. The van der Waals surface area contributed by atoms with E-state index < -0.39 is 11.7 Å². The molecule has 0 saturated heterocycles. The Morgan fingerprint density at radius 2 is 1.86 bits per heavy atom. The number of Topliss-reactive ketones (excluding diaryl/α,β-unsaturated/α-hetero) is 1. The number of hydrogen-bond acceptors (Lipinski definition) is 2. The fraction of sp³-hybridized carbons (Fsp3) is 0.222. The van der Waals surface area contributed by atoms with E-state index in [9.17, 15) is 18.0 Å². The van der Waals surface area contributed by atoms with Crippen LogP contribution in [0.2, 0.25) is 0 Å². The van der Waals surface area contributed by atoms with Gasteiger partial charge in [0.15, 0.2) is 5.78 Å². The molecule has 0 aliphatic heterocycles. The van der Waals surface area contributed by atoms with Gasteiger partial charge in [-0.05, 0) is 19.1 Å². The summed E-state index contributed by atoms with van der Waals surface area (Å²) >= 11 is 0.807. The number of thiophene rings is 1. The van der Waals surface area contributed by atoms with Crippen molar-refractivity contribution in [2.45, 2.75) is 13.1 Å². The maximum atomic E-state index is 12.2. The van der Waals surface area contributed by atoms with E-state index in [0.29, 0.717) is 4.88 Å². The molecule has 0 aliphatic carbocycles. The highest BCUT2D eigenvalue weighted by Crippen LogP contribution is 2.35. The third-order valence-corrected chi connectivity index (χ3v) is 2.84. The number of allylic oxidation sites excluding steroid dienone is 1. The van der Waals surface area contributed by atoms with E-state index in [4.69, 9.17) is 0 Å². The van der Waals surface area contributed by atoms with Gasteiger partial charge in [0, 0.05) is 4.88 Å². The Morgan fingerprint density at radius 3 is 2.21 bits per heavy atom. The zero-order valence-electron chi connectivity index (χ0n) is 7.31. The van der Waals surface area contributed by atoms with Crippen LogP contribution in [0.3, 0.4) is 0 Å². The first-order valence-corrected chi connectivity index (χ1v) is 4.51. The zero-order valence-corrected chi connectivity index (χ0v) is 8.13. The Balaban J connectivity index is 2.99. The van der Waals surface area contributed by atoms with Crippen molar-refractivity contribution >= 4 is 22.7 Å². The van der Waals surface area contributed by atoms with Crippen molar-refractivity contribution in [3.05, 3.63) is 28.5 Å². The molecular weight excluding hydrogens is 213 g/mol. The molecule has 1 heterocycles. The predicted molar refractivity (Wildman–Crippen MR) is 49.4 cm³/mol. The van der Waals surface area contributed by atoms with Crippen molar-refractivity contribution in [1.29, 1.82) is 0 Å². The Labute approximate surface area is 82.9 Å². The van der Waals surface area contributed by atoms with Crippen LogP contribution >= 0.6 is 11.3 Å². The van der Waals surface area contributed by atoms with Crippen molar-refractivity contribution in [3.63, 3.8) is 0 Å². The van der Waals surface area contributed by atoms with Crippen LogP contribution in [0.1, 0.15) is 21.5 Å². The molecule has 0 spiro atoms. The molecule has 0 amide bonds. The van der Waals surface area contributed by atoms with Gasteiger partial charge >= 0.3 is 6.18 Å². The summed E-state index contributed by atoms with van der Waals surface area (Å²) in [5, 5.41) is 0. The predicted octanol–water partition coefficient (Wildman–Crippen LogP) is 3.53. The summed E-state index contributed by atoms with van der Waals surface area (Å²) < 4.78 is 36.5. The van der Waals surface area contributed by atoms with E-state index in [-0.39, 0.29) is 10.7 Å². The topological polar surface area (TPSA) is 17.1 Å². The van der Waals surface area contributed by atoms with Crippen LogP contribution in [0.4, 0.5) is 13.2 Å². The number of rotatable bonds is 2. The van der Waals surface area contributed by atoms with E-state index in [2.05, 4.69) is 6.58 Å². The second-order valence-corrected chi connectivity index (χ2v) is 3.78. The highest BCUT2D eigenvalue weighted by Gasteiger charge is 2.33. The van der Waals surface area contributed by atoms with Gasteiger partial charge in [0.05, 0.1) is 10.5 Å². The maximum absolute atomic E-state index is 12.2. The van der Waals surface area contributed by atoms with E-state index in [1.807, 2.05) is 0 Å². The molecule has 1 rings (SSSR count). The summed E-state index contributed by atoms with van der Waals surface area (Å²) in [5.41, 5.74) is -0.907. The Morgan fingerprint density at radius 1 is 1.36 bits per heavy atom. The number of ketones is 1. The van der Waals surface area contributed by atoms with Crippen molar-refractivity contribution < 1.29 is 18.0 Å². The molecule has 0 radical (unpaired) electrons. The van der Waals surface area contributed by atoms with Crippen LogP contribution in [0.5, 0.6) is 0 Å². The minimum Gasteiger partial charge on any atom is -0.294 e. The van der Waals surface area contributed by atoms with Crippen molar-refractivity contribution in [2.24, 2.45) is 0 Å². The largest absolute Gasteiger partial charge is 0.417 e. The van der Waals surface area contributed by atoms with Crippen LogP contribution in [-0.4, -0.2) is 12.0 Å². The first-order valence-electron chi connectivity index (χ1n) is 3.69. The highest BCUT2D eigenvalue weighted by molar-refractivity contribution is 7.15. The summed E-state index contributed by atoms with van der Waals surface area (Å²) in [6, 6.07) is 2.64. The lowest BCUT2D eigenvalue weighted by Gasteiger charge is -2.06. The van der Waals surface area contributed by atoms with E-state index in [1.165, 1.54) is 19.1 Å². The molecule has 76 valence electrons. The van der Waals surface area contributed by atoms with Gasteiger partial charge in [-0.2, -0.15) is 13.2 Å². The summed E-state index contributed by atoms with van der Waals surface area (Å²) in [5.74, 6) is -0.240. The number of alkyl halides is 3. The second kappa shape index (κ2) is 3.57. The smallest absolute Gasteiger partial charge is 0.294 e. The summed E-state index contributed by atoms with van der Waals surface area (Å²) in [6.07, 6.45) is -4.43. The van der Waals surface area contributed by atoms with Gasteiger partial charge in [-0.25, -0.2) is 0 Å². The minimum absolute atomic E-state index is 0.0114. The van der Waals surface area contributed by atoms with E-state index in [1.54, 1.807) is 0 Å². The van der Waals surface area contributed by atoms with Gasteiger partial charge in [0.2, 0.25) is 0 Å². The molecule has 1 nitrogen and oxygen atoms in total.